The molecule has 0 amide bonds. The SMILES string of the molecule is C[C@H]1C(=O)O[C@H](C(C)(C)C)C[C@@H]1O. The van der Waals surface area contributed by atoms with Crippen LogP contribution in [0.15, 0.2) is 0 Å². The van der Waals surface area contributed by atoms with Crippen molar-refractivity contribution in [1.29, 1.82) is 0 Å². The van der Waals surface area contributed by atoms with Gasteiger partial charge in [-0.25, -0.2) is 0 Å². The van der Waals surface area contributed by atoms with Crippen LogP contribution in [-0.4, -0.2) is 23.3 Å². The summed E-state index contributed by atoms with van der Waals surface area (Å²) in [5.41, 5.74) is -0.0865. The molecule has 13 heavy (non-hydrogen) atoms. The van der Waals surface area contributed by atoms with Gasteiger partial charge in [0.1, 0.15) is 6.10 Å². The fourth-order valence-electron chi connectivity index (χ4n) is 1.41. The molecular formula is C10H18O3. The monoisotopic (exact) mass is 186 g/mol. The zero-order valence-corrected chi connectivity index (χ0v) is 8.70. The topological polar surface area (TPSA) is 46.5 Å². The zero-order chi connectivity index (χ0) is 10.2. The normalized spacial score (nSPS) is 35.8. The van der Waals surface area contributed by atoms with Crippen LogP contribution in [0.1, 0.15) is 34.1 Å². The Labute approximate surface area is 79.1 Å². The van der Waals surface area contributed by atoms with Gasteiger partial charge in [-0.05, 0) is 12.3 Å². The maximum atomic E-state index is 11.3. The minimum atomic E-state index is -0.550. The second kappa shape index (κ2) is 3.29. The highest BCUT2D eigenvalue weighted by Crippen LogP contribution is 2.32. The van der Waals surface area contributed by atoms with Crippen molar-refractivity contribution >= 4 is 5.97 Å². The van der Waals surface area contributed by atoms with Crippen molar-refractivity contribution in [3.63, 3.8) is 0 Å². The summed E-state index contributed by atoms with van der Waals surface area (Å²) in [4.78, 5) is 11.3. The number of hydrogen-bond donors (Lipinski definition) is 1. The molecule has 1 heterocycles. The summed E-state index contributed by atoms with van der Waals surface area (Å²) in [6.45, 7) is 7.72. The Morgan fingerprint density at radius 2 is 2.00 bits per heavy atom. The number of carbonyl (C=O) groups excluding carboxylic acids is 1. The third kappa shape index (κ3) is 2.21. The first-order valence-electron chi connectivity index (χ1n) is 4.71. The van der Waals surface area contributed by atoms with E-state index in [4.69, 9.17) is 4.74 Å². The van der Waals surface area contributed by atoms with Crippen molar-refractivity contribution in [1.82, 2.24) is 0 Å². The van der Waals surface area contributed by atoms with E-state index in [9.17, 15) is 9.90 Å². The van der Waals surface area contributed by atoms with Gasteiger partial charge >= 0.3 is 5.97 Å². The lowest BCUT2D eigenvalue weighted by molar-refractivity contribution is -0.177. The number of aliphatic hydroxyl groups is 1. The molecular weight excluding hydrogens is 168 g/mol. The molecule has 0 aliphatic carbocycles. The summed E-state index contributed by atoms with van der Waals surface area (Å²) in [7, 11) is 0. The summed E-state index contributed by atoms with van der Waals surface area (Å²) in [5, 5.41) is 9.58. The van der Waals surface area contributed by atoms with Crippen LogP contribution in [-0.2, 0) is 9.53 Å². The highest BCUT2D eigenvalue weighted by molar-refractivity contribution is 5.73. The third-order valence-electron chi connectivity index (χ3n) is 2.63. The molecule has 3 atom stereocenters. The van der Waals surface area contributed by atoms with Gasteiger partial charge in [0, 0.05) is 6.42 Å². The maximum absolute atomic E-state index is 11.3. The minimum absolute atomic E-state index is 0.0865. The van der Waals surface area contributed by atoms with E-state index >= 15 is 0 Å². The second-order valence-electron chi connectivity index (χ2n) is 4.88. The van der Waals surface area contributed by atoms with Crippen LogP contribution in [0.25, 0.3) is 0 Å². The summed E-state index contributed by atoms with van der Waals surface area (Å²) in [6, 6.07) is 0. The Bertz CT molecular complexity index is 205. The van der Waals surface area contributed by atoms with Crippen LogP contribution in [0.3, 0.4) is 0 Å². The molecule has 1 saturated heterocycles. The summed E-state index contributed by atoms with van der Waals surface area (Å²) in [6.07, 6.45) is -0.159. The summed E-state index contributed by atoms with van der Waals surface area (Å²) < 4.78 is 5.23. The molecule has 1 aliphatic heterocycles. The molecule has 0 spiro atoms. The molecule has 3 nitrogen and oxygen atoms in total. The molecule has 1 fully saturated rings. The van der Waals surface area contributed by atoms with Crippen LogP contribution in [0.4, 0.5) is 0 Å². The van der Waals surface area contributed by atoms with E-state index in [2.05, 4.69) is 0 Å². The van der Waals surface area contributed by atoms with Crippen LogP contribution < -0.4 is 0 Å². The van der Waals surface area contributed by atoms with Crippen molar-refractivity contribution in [2.24, 2.45) is 11.3 Å². The number of rotatable bonds is 0. The molecule has 0 bridgehead atoms. The number of aliphatic hydroxyl groups excluding tert-OH is 1. The average molecular weight is 186 g/mol. The predicted molar refractivity (Wildman–Crippen MR) is 49.1 cm³/mol. The molecule has 1 aliphatic rings. The molecule has 0 aromatic heterocycles. The average Bonchev–Trinajstić information content (AvgIpc) is 1.97. The number of esters is 1. The Balaban J connectivity index is 2.69. The van der Waals surface area contributed by atoms with Crippen molar-refractivity contribution in [3.8, 4) is 0 Å². The molecule has 0 unspecified atom stereocenters. The Hall–Kier alpha value is -0.570. The molecule has 1 N–H and O–H groups in total. The molecule has 76 valence electrons. The summed E-state index contributed by atoms with van der Waals surface area (Å²) >= 11 is 0. The maximum Gasteiger partial charge on any atom is 0.311 e. The standard InChI is InChI=1S/C10H18O3/c1-6-7(11)5-8(10(2,3)4)13-9(6)12/h6-8,11H,5H2,1-4H3/t6-,7+,8+/m1/s1. The van der Waals surface area contributed by atoms with Crippen molar-refractivity contribution < 1.29 is 14.6 Å². The Kier molecular flexibility index (Phi) is 2.66. The van der Waals surface area contributed by atoms with Gasteiger partial charge in [0.25, 0.3) is 0 Å². The summed E-state index contributed by atoms with van der Waals surface area (Å²) in [5.74, 6) is -0.655. The fraction of sp³-hybridized carbons (Fsp3) is 0.900. The minimum Gasteiger partial charge on any atom is -0.461 e. The lowest BCUT2D eigenvalue weighted by Gasteiger charge is -2.37. The first-order valence-corrected chi connectivity index (χ1v) is 4.71. The van der Waals surface area contributed by atoms with Gasteiger partial charge < -0.3 is 9.84 Å². The molecule has 0 radical (unpaired) electrons. The smallest absolute Gasteiger partial charge is 0.311 e. The van der Waals surface area contributed by atoms with Crippen LogP contribution in [0.5, 0.6) is 0 Å². The van der Waals surface area contributed by atoms with E-state index in [1.54, 1.807) is 6.92 Å². The van der Waals surface area contributed by atoms with Gasteiger partial charge in [0.15, 0.2) is 0 Å². The van der Waals surface area contributed by atoms with E-state index in [1.165, 1.54) is 0 Å². The quantitative estimate of drug-likeness (QED) is 0.581. The highest BCUT2D eigenvalue weighted by atomic mass is 16.5. The van der Waals surface area contributed by atoms with Gasteiger partial charge in [-0.2, -0.15) is 0 Å². The zero-order valence-electron chi connectivity index (χ0n) is 8.70. The predicted octanol–water partition coefficient (Wildman–Crippen LogP) is 1.34. The first kappa shape index (κ1) is 10.5. The van der Waals surface area contributed by atoms with Crippen molar-refractivity contribution in [2.45, 2.75) is 46.3 Å². The van der Waals surface area contributed by atoms with Crippen LogP contribution >= 0.6 is 0 Å². The van der Waals surface area contributed by atoms with Gasteiger partial charge in [0.05, 0.1) is 12.0 Å². The van der Waals surface area contributed by atoms with Gasteiger partial charge in [-0.3, -0.25) is 4.79 Å². The van der Waals surface area contributed by atoms with E-state index in [1.807, 2.05) is 20.8 Å². The molecule has 3 heteroatoms. The largest absolute Gasteiger partial charge is 0.461 e. The Morgan fingerprint density at radius 3 is 2.38 bits per heavy atom. The number of hydrogen-bond acceptors (Lipinski definition) is 3. The van der Waals surface area contributed by atoms with Gasteiger partial charge in [0.2, 0.25) is 0 Å². The van der Waals surface area contributed by atoms with Crippen LogP contribution in [0.2, 0.25) is 0 Å². The highest BCUT2D eigenvalue weighted by Gasteiger charge is 2.39. The molecule has 0 aromatic rings. The number of cyclic esters (lactones) is 1. The lowest BCUT2D eigenvalue weighted by atomic mass is 9.82. The molecule has 0 aromatic carbocycles. The lowest BCUT2D eigenvalue weighted by Crippen LogP contribution is -2.45. The van der Waals surface area contributed by atoms with Crippen LogP contribution in [0, 0.1) is 11.3 Å². The van der Waals surface area contributed by atoms with E-state index in [-0.39, 0.29) is 23.4 Å². The van der Waals surface area contributed by atoms with E-state index in [0.29, 0.717) is 6.42 Å². The second-order valence-corrected chi connectivity index (χ2v) is 4.88. The first-order chi connectivity index (χ1) is 5.82. The molecule has 1 rings (SSSR count). The Morgan fingerprint density at radius 1 is 1.46 bits per heavy atom. The van der Waals surface area contributed by atoms with E-state index < -0.39 is 6.10 Å². The van der Waals surface area contributed by atoms with Crippen molar-refractivity contribution in [3.05, 3.63) is 0 Å². The van der Waals surface area contributed by atoms with Gasteiger partial charge in [-0.1, -0.05) is 20.8 Å². The molecule has 0 saturated carbocycles. The van der Waals surface area contributed by atoms with Crippen molar-refractivity contribution in [2.75, 3.05) is 0 Å². The van der Waals surface area contributed by atoms with Gasteiger partial charge in [-0.15, -0.1) is 0 Å². The number of carbonyl (C=O) groups is 1. The third-order valence-corrected chi connectivity index (χ3v) is 2.63. The van der Waals surface area contributed by atoms with E-state index in [0.717, 1.165) is 0 Å². The fourth-order valence-corrected chi connectivity index (χ4v) is 1.41. The number of ether oxygens (including phenoxy) is 1.